The highest BCUT2D eigenvalue weighted by Crippen LogP contribution is 2.39. The molecule has 1 heterocycles. The molecule has 0 aromatic rings. The van der Waals surface area contributed by atoms with Crippen molar-refractivity contribution in [2.45, 2.75) is 83.0 Å². The van der Waals surface area contributed by atoms with Crippen LogP contribution >= 0.6 is 0 Å². The van der Waals surface area contributed by atoms with Crippen LogP contribution in [0.15, 0.2) is 0 Å². The molecule has 118 valence electrons. The van der Waals surface area contributed by atoms with E-state index in [4.69, 9.17) is 9.47 Å². The Balaban J connectivity index is 1.93. The molecule has 1 saturated carbocycles. The standard InChI is InChI=1S/C17H33NO2/c1-4-20-17(11-9-14(2)10-12-17)16(18-3)8-7-15-6-5-13-19-15/h14-16,18H,4-13H2,1-3H3. The van der Waals surface area contributed by atoms with Crippen LogP contribution < -0.4 is 5.32 Å². The molecule has 0 aromatic heterocycles. The average Bonchev–Trinajstić information content (AvgIpc) is 2.96. The monoisotopic (exact) mass is 283 g/mol. The molecule has 3 heteroatoms. The molecule has 20 heavy (non-hydrogen) atoms. The number of hydrogen-bond acceptors (Lipinski definition) is 3. The van der Waals surface area contributed by atoms with Crippen LogP contribution in [0.3, 0.4) is 0 Å². The van der Waals surface area contributed by atoms with Gasteiger partial charge in [0.15, 0.2) is 0 Å². The molecule has 0 radical (unpaired) electrons. The van der Waals surface area contributed by atoms with E-state index in [1.807, 2.05) is 0 Å². The number of likely N-dealkylation sites (N-methyl/N-ethyl adjacent to an activating group) is 1. The van der Waals surface area contributed by atoms with Gasteiger partial charge < -0.3 is 14.8 Å². The summed E-state index contributed by atoms with van der Waals surface area (Å²) < 4.78 is 12.1. The van der Waals surface area contributed by atoms with Gasteiger partial charge in [-0.1, -0.05) is 6.92 Å². The Bertz CT molecular complexity index is 268. The van der Waals surface area contributed by atoms with E-state index in [1.54, 1.807) is 0 Å². The number of hydrogen-bond donors (Lipinski definition) is 1. The summed E-state index contributed by atoms with van der Waals surface area (Å²) in [6.07, 6.45) is 10.4. The smallest absolute Gasteiger partial charge is 0.0834 e. The third-order valence-electron chi connectivity index (χ3n) is 5.34. The minimum Gasteiger partial charge on any atom is -0.378 e. The van der Waals surface area contributed by atoms with Crippen molar-refractivity contribution in [2.24, 2.45) is 5.92 Å². The molecule has 0 spiro atoms. The SMILES string of the molecule is CCOC1(C(CCC2CCCO2)NC)CCC(C)CC1. The van der Waals surface area contributed by atoms with Gasteiger partial charge in [-0.15, -0.1) is 0 Å². The summed E-state index contributed by atoms with van der Waals surface area (Å²) in [6, 6.07) is 0.471. The van der Waals surface area contributed by atoms with Crippen LogP contribution in [0.25, 0.3) is 0 Å². The van der Waals surface area contributed by atoms with Crippen LogP contribution in [-0.4, -0.2) is 38.0 Å². The lowest BCUT2D eigenvalue weighted by Gasteiger charge is -2.45. The Morgan fingerprint density at radius 1 is 1.30 bits per heavy atom. The van der Waals surface area contributed by atoms with Crippen molar-refractivity contribution in [1.82, 2.24) is 5.32 Å². The topological polar surface area (TPSA) is 30.5 Å². The van der Waals surface area contributed by atoms with E-state index in [1.165, 1.54) is 51.4 Å². The number of nitrogens with one attached hydrogen (secondary N) is 1. The molecular weight excluding hydrogens is 250 g/mol. The van der Waals surface area contributed by atoms with Crippen LogP contribution in [0.5, 0.6) is 0 Å². The maximum atomic E-state index is 6.28. The lowest BCUT2D eigenvalue weighted by Crippen LogP contribution is -2.53. The first kappa shape index (κ1) is 16.3. The lowest BCUT2D eigenvalue weighted by molar-refractivity contribution is -0.0981. The molecule has 1 aliphatic heterocycles. The molecule has 2 fully saturated rings. The van der Waals surface area contributed by atoms with Gasteiger partial charge in [-0.25, -0.2) is 0 Å². The van der Waals surface area contributed by atoms with E-state index in [0.29, 0.717) is 12.1 Å². The van der Waals surface area contributed by atoms with Crippen molar-refractivity contribution in [1.29, 1.82) is 0 Å². The molecule has 1 saturated heterocycles. The Morgan fingerprint density at radius 2 is 2.05 bits per heavy atom. The van der Waals surface area contributed by atoms with Crippen molar-refractivity contribution in [3.8, 4) is 0 Å². The highest BCUT2D eigenvalue weighted by atomic mass is 16.5. The zero-order chi connectivity index (χ0) is 14.4. The van der Waals surface area contributed by atoms with Crippen LogP contribution in [0.1, 0.15) is 65.2 Å². The van der Waals surface area contributed by atoms with E-state index in [0.717, 1.165) is 19.1 Å². The third-order valence-corrected chi connectivity index (χ3v) is 5.34. The van der Waals surface area contributed by atoms with Gasteiger partial charge in [-0.3, -0.25) is 0 Å². The van der Waals surface area contributed by atoms with Crippen molar-refractivity contribution in [3.05, 3.63) is 0 Å². The summed E-state index contributed by atoms with van der Waals surface area (Å²) in [7, 11) is 2.10. The van der Waals surface area contributed by atoms with Gasteiger partial charge in [0.05, 0.1) is 11.7 Å². The fourth-order valence-electron chi connectivity index (χ4n) is 4.03. The van der Waals surface area contributed by atoms with Crippen LogP contribution in [-0.2, 0) is 9.47 Å². The molecule has 2 atom stereocenters. The summed E-state index contributed by atoms with van der Waals surface area (Å²) in [5, 5.41) is 3.56. The third kappa shape index (κ3) is 3.96. The van der Waals surface area contributed by atoms with Crippen LogP contribution in [0, 0.1) is 5.92 Å². The van der Waals surface area contributed by atoms with Crippen LogP contribution in [0.2, 0.25) is 0 Å². The first-order valence-corrected chi connectivity index (χ1v) is 8.63. The summed E-state index contributed by atoms with van der Waals surface area (Å²) in [4.78, 5) is 0. The zero-order valence-corrected chi connectivity index (χ0v) is 13.6. The van der Waals surface area contributed by atoms with Gasteiger partial charge in [0, 0.05) is 19.3 Å². The summed E-state index contributed by atoms with van der Waals surface area (Å²) in [5.74, 6) is 0.860. The maximum Gasteiger partial charge on any atom is 0.0834 e. The van der Waals surface area contributed by atoms with Gasteiger partial charge in [0.1, 0.15) is 0 Å². The zero-order valence-electron chi connectivity index (χ0n) is 13.6. The van der Waals surface area contributed by atoms with E-state index in [9.17, 15) is 0 Å². The molecule has 0 bridgehead atoms. The quantitative estimate of drug-likeness (QED) is 0.775. The summed E-state index contributed by atoms with van der Waals surface area (Å²) in [6.45, 7) is 6.29. The molecular formula is C17H33NO2. The summed E-state index contributed by atoms with van der Waals surface area (Å²) in [5.41, 5.74) is 0.0641. The average molecular weight is 283 g/mol. The fraction of sp³-hybridized carbons (Fsp3) is 1.00. The predicted octanol–water partition coefficient (Wildman–Crippen LogP) is 3.52. The van der Waals surface area contributed by atoms with Crippen molar-refractivity contribution in [2.75, 3.05) is 20.3 Å². The van der Waals surface area contributed by atoms with E-state index in [-0.39, 0.29) is 5.60 Å². The Hall–Kier alpha value is -0.120. The molecule has 3 nitrogen and oxygen atoms in total. The summed E-state index contributed by atoms with van der Waals surface area (Å²) >= 11 is 0. The minimum absolute atomic E-state index is 0.0641. The van der Waals surface area contributed by atoms with Crippen LogP contribution in [0.4, 0.5) is 0 Å². The van der Waals surface area contributed by atoms with Gasteiger partial charge in [0.25, 0.3) is 0 Å². The van der Waals surface area contributed by atoms with Gasteiger partial charge in [-0.05, 0) is 71.3 Å². The predicted molar refractivity (Wildman–Crippen MR) is 83.0 cm³/mol. The van der Waals surface area contributed by atoms with Gasteiger partial charge in [-0.2, -0.15) is 0 Å². The maximum absolute atomic E-state index is 6.28. The second-order valence-electron chi connectivity index (χ2n) is 6.73. The van der Waals surface area contributed by atoms with Gasteiger partial charge >= 0.3 is 0 Å². The highest BCUT2D eigenvalue weighted by Gasteiger charge is 2.41. The Labute approximate surface area is 124 Å². The normalized spacial score (nSPS) is 36.1. The molecule has 0 aromatic carbocycles. The van der Waals surface area contributed by atoms with Crippen molar-refractivity contribution < 1.29 is 9.47 Å². The highest BCUT2D eigenvalue weighted by molar-refractivity contribution is 4.96. The van der Waals surface area contributed by atoms with Gasteiger partial charge in [0.2, 0.25) is 0 Å². The second-order valence-corrected chi connectivity index (χ2v) is 6.73. The molecule has 0 amide bonds. The molecule has 1 N–H and O–H groups in total. The van der Waals surface area contributed by atoms with Crippen molar-refractivity contribution in [3.63, 3.8) is 0 Å². The van der Waals surface area contributed by atoms with E-state index in [2.05, 4.69) is 26.2 Å². The number of ether oxygens (including phenoxy) is 2. The molecule has 2 aliphatic rings. The molecule has 1 aliphatic carbocycles. The first-order valence-electron chi connectivity index (χ1n) is 8.63. The van der Waals surface area contributed by atoms with E-state index >= 15 is 0 Å². The Morgan fingerprint density at radius 3 is 2.60 bits per heavy atom. The molecule has 2 unspecified atom stereocenters. The Kier molecular flexibility index (Phi) is 6.31. The number of rotatable bonds is 7. The minimum atomic E-state index is 0.0641. The molecule has 2 rings (SSSR count). The lowest BCUT2D eigenvalue weighted by atomic mass is 9.74. The second kappa shape index (κ2) is 7.77. The van der Waals surface area contributed by atoms with Crippen molar-refractivity contribution >= 4 is 0 Å². The largest absolute Gasteiger partial charge is 0.378 e. The fourth-order valence-corrected chi connectivity index (χ4v) is 4.03. The first-order chi connectivity index (χ1) is 9.70. The van der Waals surface area contributed by atoms with E-state index < -0.39 is 0 Å².